The lowest BCUT2D eigenvalue weighted by Gasteiger charge is -2.07. The predicted octanol–water partition coefficient (Wildman–Crippen LogP) is 3.50. The van der Waals surface area contributed by atoms with Gasteiger partial charge in [0, 0.05) is 0 Å². The monoisotopic (exact) mass is 303 g/mol. The van der Waals surface area contributed by atoms with Gasteiger partial charge < -0.3 is 0 Å². The molecular formula is C19H17N3O. The number of benzene rings is 2. The van der Waals surface area contributed by atoms with Crippen LogP contribution in [0.1, 0.15) is 24.0 Å². The molecule has 0 radical (unpaired) electrons. The minimum Gasteiger partial charge on any atom is -0.271 e. The van der Waals surface area contributed by atoms with E-state index in [4.69, 9.17) is 0 Å². The minimum atomic E-state index is -0.869. The first-order valence-electron chi connectivity index (χ1n) is 7.21. The Hall–Kier alpha value is -3.19. The first kappa shape index (κ1) is 16.2. The summed E-state index contributed by atoms with van der Waals surface area (Å²) in [6.45, 7) is 1.89. The zero-order chi connectivity index (χ0) is 16.5. The topological polar surface area (TPSA) is 65.2 Å². The molecular weight excluding hydrogens is 286 g/mol. The van der Waals surface area contributed by atoms with Gasteiger partial charge in [0.1, 0.15) is 0 Å². The maximum atomic E-state index is 12.0. The molecule has 23 heavy (non-hydrogen) atoms. The van der Waals surface area contributed by atoms with Crippen LogP contribution in [0.3, 0.4) is 0 Å². The average molecular weight is 303 g/mol. The first-order chi connectivity index (χ1) is 11.2. The van der Waals surface area contributed by atoms with Gasteiger partial charge in [0.05, 0.1) is 12.3 Å². The Morgan fingerprint density at radius 1 is 1.13 bits per heavy atom. The molecule has 4 heteroatoms. The Morgan fingerprint density at radius 2 is 1.74 bits per heavy atom. The predicted molar refractivity (Wildman–Crippen MR) is 91.5 cm³/mol. The van der Waals surface area contributed by atoms with Crippen LogP contribution >= 0.6 is 0 Å². The third-order valence-corrected chi connectivity index (χ3v) is 3.16. The van der Waals surface area contributed by atoms with Crippen molar-refractivity contribution in [2.75, 3.05) is 0 Å². The van der Waals surface area contributed by atoms with Gasteiger partial charge in [-0.2, -0.15) is 10.4 Å². The van der Waals surface area contributed by atoms with Gasteiger partial charge in [-0.1, -0.05) is 66.7 Å². The second-order valence-corrected chi connectivity index (χ2v) is 5.01. The van der Waals surface area contributed by atoms with E-state index in [0.29, 0.717) is 5.56 Å². The molecule has 4 nitrogen and oxygen atoms in total. The molecule has 0 aliphatic carbocycles. The van der Waals surface area contributed by atoms with Crippen LogP contribution in [0.5, 0.6) is 0 Å². The molecule has 114 valence electrons. The lowest BCUT2D eigenvalue weighted by atomic mass is 10.0. The van der Waals surface area contributed by atoms with E-state index >= 15 is 0 Å². The SMILES string of the molecule is CC(/C=N\NC(=O)[C@@H](C#N)c1ccccc1)=C\c1ccccc1. The molecule has 0 unspecified atom stereocenters. The zero-order valence-corrected chi connectivity index (χ0v) is 12.8. The number of nitrogens with zero attached hydrogens (tertiary/aromatic N) is 2. The number of nitriles is 1. The van der Waals surface area contributed by atoms with E-state index in [1.807, 2.05) is 55.5 Å². The van der Waals surface area contributed by atoms with Crippen molar-refractivity contribution in [2.45, 2.75) is 12.8 Å². The Kier molecular flexibility index (Phi) is 5.84. The van der Waals surface area contributed by atoms with E-state index in [2.05, 4.69) is 10.5 Å². The largest absolute Gasteiger partial charge is 0.271 e. The summed E-state index contributed by atoms with van der Waals surface area (Å²) < 4.78 is 0. The molecule has 0 saturated carbocycles. The number of hydrogen-bond acceptors (Lipinski definition) is 3. The molecule has 2 aromatic rings. The number of carbonyl (C=O) groups excluding carboxylic acids is 1. The molecule has 1 atom stereocenters. The lowest BCUT2D eigenvalue weighted by molar-refractivity contribution is -0.121. The molecule has 0 spiro atoms. The van der Waals surface area contributed by atoms with Gasteiger partial charge in [-0.05, 0) is 23.6 Å². The highest BCUT2D eigenvalue weighted by Crippen LogP contribution is 2.14. The van der Waals surface area contributed by atoms with E-state index in [1.54, 1.807) is 30.5 Å². The van der Waals surface area contributed by atoms with Crippen molar-refractivity contribution in [3.8, 4) is 6.07 Å². The van der Waals surface area contributed by atoms with Crippen LogP contribution in [0.2, 0.25) is 0 Å². The van der Waals surface area contributed by atoms with Crippen molar-refractivity contribution < 1.29 is 4.79 Å². The number of carbonyl (C=O) groups is 1. The summed E-state index contributed by atoms with van der Waals surface area (Å²) in [4.78, 5) is 12.0. The summed E-state index contributed by atoms with van der Waals surface area (Å²) in [5.41, 5.74) is 5.02. The molecule has 0 aliphatic rings. The first-order valence-corrected chi connectivity index (χ1v) is 7.21. The Labute approximate surface area is 135 Å². The molecule has 0 aliphatic heterocycles. The smallest absolute Gasteiger partial charge is 0.261 e. The summed E-state index contributed by atoms with van der Waals surface area (Å²) in [5.74, 6) is -1.31. The molecule has 0 aromatic heterocycles. The number of allylic oxidation sites excluding steroid dienone is 1. The summed E-state index contributed by atoms with van der Waals surface area (Å²) >= 11 is 0. The second kappa shape index (κ2) is 8.30. The van der Waals surface area contributed by atoms with Gasteiger partial charge in [-0.3, -0.25) is 4.79 Å². The van der Waals surface area contributed by atoms with Crippen LogP contribution < -0.4 is 5.43 Å². The number of nitrogens with one attached hydrogen (secondary N) is 1. The molecule has 0 saturated heterocycles. The Bertz CT molecular complexity index is 743. The van der Waals surface area contributed by atoms with Crippen molar-refractivity contribution in [3.05, 3.63) is 77.4 Å². The van der Waals surface area contributed by atoms with Crippen molar-refractivity contribution in [1.82, 2.24) is 5.43 Å². The van der Waals surface area contributed by atoms with Gasteiger partial charge in [0.15, 0.2) is 5.92 Å². The normalized spacial score (nSPS) is 12.6. The van der Waals surface area contributed by atoms with Crippen molar-refractivity contribution in [1.29, 1.82) is 5.26 Å². The average Bonchev–Trinajstić information content (AvgIpc) is 2.57. The van der Waals surface area contributed by atoms with Crippen LogP contribution in [-0.2, 0) is 4.79 Å². The van der Waals surface area contributed by atoms with Gasteiger partial charge in [0.2, 0.25) is 0 Å². The van der Waals surface area contributed by atoms with E-state index < -0.39 is 11.8 Å². The van der Waals surface area contributed by atoms with Gasteiger partial charge >= 0.3 is 0 Å². The van der Waals surface area contributed by atoms with Crippen LogP contribution in [-0.4, -0.2) is 12.1 Å². The number of hydrazone groups is 1. The van der Waals surface area contributed by atoms with E-state index in [-0.39, 0.29) is 0 Å². The van der Waals surface area contributed by atoms with Crippen LogP contribution in [0, 0.1) is 11.3 Å². The van der Waals surface area contributed by atoms with Gasteiger partial charge in [0.25, 0.3) is 5.91 Å². The highest BCUT2D eigenvalue weighted by molar-refractivity contribution is 5.89. The Balaban J connectivity index is 1.98. The van der Waals surface area contributed by atoms with Crippen LogP contribution in [0.15, 0.2) is 71.3 Å². The summed E-state index contributed by atoms with van der Waals surface area (Å²) in [7, 11) is 0. The molecule has 2 rings (SSSR count). The molecule has 2 aromatic carbocycles. The van der Waals surface area contributed by atoms with E-state index in [9.17, 15) is 10.1 Å². The number of hydrogen-bond donors (Lipinski definition) is 1. The third kappa shape index (κ3) is 4.94. The standard InChI is InChI=1S/C19H17N3O/c1-15(12-16-8-4-2-5-9-16)14-21-22-19(23)18(13-20)17-10-6-3-7-11-17/h2-12,14,18H,1H3,(H,22,23)/b15-12+,21-14-/t18-/m0/s1. The van der Waals surface area contributed by atoms with Gasteiger partial charge in [-0.25, -0.2) is 5.43 Å². The molecule has 0 fully saturated rings. The van der Waals surface area contributed by atoms with Crippen LogP contribution in [0.4, 0.5) is 0 Å². The maximum absolute atomic E-state index is 12.0. The molecule has 0 bridgehead atoms. The molecule has 1 amide bonds. The molecule has 1 N–H and O–H groups in total. The van der Waals surface area contributed by atoms with Crippen molar-refractivity contribution in [3.63, 3.8) is 0 Å². The fraction of sp³-hybridized carbons (Fsp3) is 0.105. The highest BCUT2D eigenvalue weighted by Gasteiger charge is 2.19. The quantitative estimate of drug-likeness (QED) is 0.678. The van der Waals surface area contributed by atoms with Crippen molar-refractivity contribution >= 4 is 18.2 Å². The van der Waals surface area contributed by atoms with Crippen LogP contribution in [0.25, 0.3) is 6.08 Å². The summed E-state index contributed by atoms with van der Waals surface area (Å²) in [5, 5.41) is 13.1. The minimum absolute atomic E-state index is 0.442. The fourth-order valence-electron chi connectivity index (χ4n) is 2.04. The zero-order valence-electron chi connectivity index (χ0n) is 12.8. The number of rotatable bonds is 5. The summed E-state index contributed by atoms with van der Waals surface area (Å²) in [6.07, 6.45) is 3.51. The van der Waals surface area contributed by atoms with E-state index in [0.717, 1.165) is 11.1 Å². The summed E-state index contributed by atoms with van der Waals surface area (Å²) in [6, 6.07) is 20.7. The fourth-order valence-corrected chi connectivity index (χ4v) is 2.04. The molecule has 0 heterocycles. The van der Waals surface area contributed by atoms with Crippen molar-refractivity contribution in [2.24, 2.45) is 5.10 Å². The highest BCUT2D eigenvalue weighted by atomic mass is 16.2. The van der Waals surface area contributed by atoms with Gasteiger partial charge in [-0.15, -0.1) is 0 Å². The third-order valence-electron chi connectivity index (χ3n) is 3.16. The number of amides is 1. The maximum Gasteiger partial charge on any atom is 0.261 e. The Morgan fingerprint density at radius 3 is 2.35 bits per heavy atom. The lowest BCUT2D eigenvalue weighted by Crippen LogP contribution is -2.24. The van der Waals surface area contributed by atoms with E-state index in [1.165, 1.54) is 0 Å². The second-order valence-electron chi connectivity index (χ2n) is 5.01.